The van der Waals surface area contributed by atoms with Crippen molar-refractivity contribution in [2.24, 2.45) is 0 Å². The number of hydrogen-bond acceptors (Lipinski definition) is 5. The molecule has 0 radical (unpaired) electrons. The monoisotopic (exact) mass is 458 g/mol. The van der Waals surface area contributed by atoms with E-state index >= 15 is 0 Å². The molecule has 0 saturated heterocycles. The van der Waals surface area contributed by atoms with Crippen molar-refractivity contribution in [1.82, 2.24) is 10.3 Å². The first-order valence-electron chi connectivity index (χ1n) is 10.9. The Hall–Kier alpha value is -4.26. The van der Waals surface area contributed by atoms with Gasteiger partial charge in [-0.1, -0.05) is 60.7 Å². The van der Waals surface area contributed by atoms with E-state index in [0.29, 0.717) is 6.61 Å². The number of nitrogens with one attached hydrogen (secondary N) is 2. The van der Waals surface area contributed by atoms with Crippen LogP contribution < -0.4 is 10.1 Å². The SMILES string of the molecule is COC(=O)C(Cc1c[nH]c2cc(OCc3ccccc3)ccc12)NC(=O)OCc1ccccc1. The van der Waals surface area contributed by atoms with Gasteiger partial charge in [0.15, 0.2) is 0 Å². The van der Waals surface area contributed by atoms with E-state index in [1.54, 1.807) is 0 Å². The number of carbonyl (C=O) groups excluding carboxylic acids is 2. The quantitative estimate of drug-likeness (QED) is 0.353. The van der Waals surface area contributed by atoms with E-state index in [4.69, 9.17) is 14.2 Å². The number of fused-ring (bicyclic) bond motifs is 1. The largest absolute Gasteiger partial charge is 0.489 e. The molecule has 0 bridgehead atoms. The second-order valence-electron chi connectivity index (χ2n) is 7.78. The van der Waals surface area contributed by atoms with Crippen molar-refractivity contribution in [1.29, 1.82) is 0 Å². The fraction of sp³-hybridized carbons (Fsp3) is 0.185. The van der Waals surface area contributed by atoms with E-state index in [9.17, 15) is 9.59 Å². The number of alkyl carbamates (subject to hydrolysis) is 1. The second-order valence-corrected chi connectivity index (χ2v) is 7.78. The molecule has 0 spiro atoms. The van der Waals surface area contributed by atoms with Gasteiger partial charge >= 0.3 is 12.1 Å². The molecule has 1 atom stereocenters. The summed E-state index contributed by atoms with van der Waals surface area (Å²) in [6.07, 6.45) is 1.38. The van der Waals surface area contributed by atoms with Gasteiger partial charge in [0.1, 0.15) is 25.0 Å². The number of amides is 1. The number of esters is 1. The van der Waals surface area contributed by atoms with Gasteiger partial charge in [-0.15, -0.1) is 0 Å². The molecule has 1 unspecified atom stereocenters. The number of methoxy groups -OCH3 is 1. The summed E-state index contributed by atoms with van der Waals surface area (Å²) in [4.78, 5) is 27.9. The Bertz CT molecular complexity index is 1240. The van der Waals surface area contributed by atoms with E-state index in [1.807, 2.05) is 85.1 Å². The third-order valence-corrected chi connectivity index (χ3v) is 5.40. The van der Waals surface area contributed by atoms with Crippen molar-refractivity contribution in [2.45, 2.75) is 25.7 Å². The van der Waals surface area contributed by atoms with Gasteiger partial charge in [0.05, 0.1) is 7.11 Å². The fourth-order valence-corrected chi connectivity index (χ4v) is 3.63. The van der Waals surface area contributed by atoms with Crippen LogP contribution in [0.15, 0.2) is 85.1 Å². The molecule has 174 valence electrons. The van der Waals surface area contributed by atoms with E-state index in [2.05, 4.69) is 10.3 Å². The molecule has 4 aromatic rings. The van der Waals surface area contributed by atoms with Gasteiger partial charge in [-0.25, -0.2) is 9.59 Å². The van der Waals surface area contributed by atoms with Gasteiger partial charge < -0.3 is 24.5 Å². The smallest absolute Gasteiger partial charge is 0.408 e. The molecule has 2 N–H and O–H groups in total. The molecule has 4 rings (SSSR count). The van der Waals surface area contributed by atoms with Crippen molar-refractivity contribution in [3.8, 4) is 5.75 Å². The maximum absolute atomic E-state index is 12.3. The van der Waals surface area contributed by atoms with Gasteiger partial charge in [-0.2, -0.15) is 0 Å². The van der Waals surface area contributed by atoms with Crippen molar-refractivity contribution < 1.29 is 23.8 Å². The van der Waals surface area contributed by atoms with Crippen LogP contribution in [0.4, 0.5) is 4.79 Å². The molecular weight excluding hydrogens is 432 g/mol. The summed E-state index contributed by atoms with van der Waals surface area (Å²) in [5.41, 5.74) is 3.68. The topological polar surface area (TPSA) is 89.7 Å². The van der Waals surface area contributed by atoms with Crippen molar-refractivity contribution in [3.63, 3.8) is 0 Å². The Kier molecular flexibility index (Phi) is 7.45. The van der Waals surface area contributed by atoms with E-state index < -0.39 is 18.1 Å². The highest BCUT2D eigenvalue weighted by Gasteiger charge is 2.24. The molecule has 1 heterocycles. The molecule has 0 fully saturated rings. The minimum atomic E-state index is -0.888. The summed E-state index contributed by atoms with van der Waals surface area (Å²) in [6, 6.07) is 24.1. The Morgan fingerprint density at radius 1 is 0.912 bits per heavy atom. The maximum atomic E-state index is 12.3. The number of carbonyl (C=O) groups is 2. The van der Waals surface area contributed by atoms with Gasteiger partial charge in [-0.05, 0) is 28.8 Å². The van der Waals surface area contributed by atoms with E-state index in [1.165, 1.54) is 7.11 Å². The molecule has 3 aromatic carbocycles. The molecule has 0 aliphatic heterocycles. The standard InChI is InChI=1S/C27H26N2O5/c1-32-26(30)25(29-27(31)34-18-20-10-6-3-7-11-20)14-21-16-28-24-15-22(12-13-23(21)24)33-17-19-8-4-2-5-9-19/h2-13,15-16,25,28H,14,17-18H2,1H3,(H,29,31). The normalized spacial score (nSPS) is 11.6. The van der Waals surface area contributed by atoms with Crippen molar-refractivity contribution in [3.05, 3.63) is 102 Å². The second kappa shape index (κ2) is 11.0. The third kappa shape index (κ3) is 5.95. The summed E-state index contributed by atoms with van der Waals surface area (Å²) >= 11 is 0. The number of hydrogen-bond donors (Lipinski definition) is 2. The minimum Gasteiger partial charge on any atom is -0.489 e. The van der Waals surface area contributed by atoms with Gasteiger partial charge in [-0.3, -0.25) is 0 Å². The van der Waals surface area contributed by atoms with Crippen LogP contribution in [-0.2, 0) is 33.9 Å². The van der Waals surface area contributed by atoms with Gasteiger partial charge in [0, 0.05) is 29.6 Å². The summed E-state index contributed by atoms with van der Waals surface area (Å²) in [5.74, 6) is 0.186. The van der Waals surface area contributed by atoms with Gasteiger partial charge in [0.25, 0.3) is 0 Å². The molecule has 7 heteroatoms. The van der Waals surface area contributed by atoms with Crippen LogP contribution in [0, 0.1) is 0 Å². The zero-order valence-corrected chi connectivity index (χ0v) is 18.8. The Morgan fingerprint density at radius 2 is 1.59 bits per heavy atom. The van der Waals surface area contributed by atoms with E-state index in [0.717, 1.165) is 33.3 Å². The van der Waals surface area contributed by atoms with Crippen LogP contribution in [0.3, 0.4) is 0 Å². The van der Waals surface area contributed by atoms with Crippen LogP contribution in [-0.4, -0.2) is 30.2 Å². The predicted molar refractivity (Wildman–Crippen MR) is 128 cm³/mol. The van der Waals surface area contributed by atoms with E-state index in [-0.39, 0.29) is 13.0 Å². The molecule has 0 saturated carbocycles. The highest BCUT2D eigenvalue weighted by Crippen LogP contribution is 2.25. The Balaban J connectivity index is 1.40. The molecule has 7 nitrogen and oxygen atoms in total. The Labute approximate surface area is 197 Å². The Morgan fingerprint density at radius 3 is 2.26 bits per heavy atom. The lowest BCUT2D eigenvalue weighted by molar-refractivity contribution is -0.142. The maximum Gasteiger partial charge on any atom is 0.408 e. The molecular formula is C27H26N2O5. The zero-order chi connectivity index (χ0) is 23.8. The van der Waals surface area contributed by atoms with Crippen LogP contribution in [0.1, 0.15) is 16.7 Å². The average molecular weight is 459 g/mol. The summed E-state index contributed by atoms with van der Waals surface area (Å²) < 4.78 is 16.0. The number of benzene rings is 3. The number of rotatable bonds is 9. The molecule has 1 amide bonds. The highest BCUT2D eigenvalue weighted by atomic mass is 16.6. The number of H-pyrrole nitrogens is 1. The first-order valence-corrected chi connectivity index (χ1v) is 10.9. The molecule has 34 heavy (non-hydrogen) atoms. The van der Waals surface area contributed by atoms with Crippen LogP contribution in [0.2, 0.25) is 0 Å². The minimum absolute atomic E-state index is 0.111. The lowest BCUT2D eigenvalue weighted by Gasteiger charge is -2.16. The number of aromatic nitrogens is 1. The first-order chi connectivity index (χ1) is 16.6. The predicted octanol–water partition coefficient (Wildman–Crippen LogP) is 4.76. The zero-order valence-electron chi connectivity index (χ0n) is 18.8. The summed E-state index contributed by atoms with van der Waals surface area (Å²) in [5, 5.41) is 3.55. The van der Waals surface area contributed by atoms with Crippen molar-refractivity contribution in [2.75, 3.05) is 7.11 Å². The molecule has 0 aliphatic rings. The summed E-state index contributed by atoms with van der Waals surface area (Å²) in [7, 11) is 1.29. The first kappa shape index (κ1) is 22.9. The lowest BCUT2D eigenvalue weighted by Crippen LogP contribution is -2.43. The van der Waals surface area contributed by atoms with Crippen LogP contribution in [0.5, 0.6) is 5.75 Å². The highest BCUT2D eigenvalue weighted by molar-refractivity contribution is 5.87. The third-order valence-electron chi connectivity index (χ3n) is 5.40. The number of ether oxygens (including phenoxy) is 3. The average Bonchev–Trinajstić information content (AvgIpc) is 3.28. The van der Waals surface area contributed by atoms with Gasteiger partial charge in [0.2, 0.25) is 0 Å². The summed E-state index contributed by atoms with van der Waals surface area (Å²) in [6.45, 7) is 0.582. The van der Waals surface area contributed by atoms with Crippen LogP contribution in [0.25, 0.3) is 10.9 Å². The van der Waals surface area contributed by atoms with Crippen LogP contribution >= 0.6 is 0 Å². The lowest BCUT2D eigenvalue weighted by atomic mass is 10.0. The van der Waals surface area contributed by atoms with Crippen molar-refractivity contribution >= 4 is 23.0 Å². The molecule has 1 aromatic heterocycles. The number of aromatic amines is 1. The molecule has 0 aliphatic carbocycles. The fourth-order valence-electron chi connectivity index (χ4n) is 3.63.